The van der Waals surface area contributed by atoms with Crippen molar-refractivity contribution < 1.29 is 13.2 Å². The van der Waals surface area contributed by atoms with Crippen LogP contribution in [0.5, 0.6) is 6.01 Å². The van der Waals surface area contributed by atoms with Gasteiger partial charge in [0.05, 0.1) is 4.90 Å². The summed E-state index contributed by atoms with van der Waals surface area (Å²) < 4.78 is 31.0. The van der Waals surface area contributed by atoms with Gasteiger partial charge in [-0.2, -0.15) is 4.72 Å². The number of nitrogen functional groups attached to an aromatic ring is 1. The number of hydrogen-bond acceptors (Lipinski definition) is 6. The number of benzene rings is 1. The summed E-state index contributed by atoms with van der Waals surface area (Å²) in [4.78, 5) is 7.71. The maximum Gasteiger partial charge on any atom is 0.317 e. The predicted octanol–water partition coefficient (Wildman–Crippen LogP) is 0.374. The monoisotopic (exact) mass is 280 g/mol. The van der Waals surface area contributed by atoms with E-state index in [1.165, 1.54) is 36.7 Å². The van der Waals surface area contributed by atoms with Crippen LogP contribution in [-0.2, 0) is 10.0 Å². The molecule has 0 bridgehead atoms. The standard InChI is InChI=1S/C11H12N4O3S/c12-9-2-4-10(5-3-9)19(16,17)15-8-18-11-13-6-1-7-14-11/h1-7,15H,8,12H2. The molecule has 3 N–H and O–H groups in total. The number of nitrogens with one attached hydrogen (secondary N) is 1. The predicted molar refractivity (Wildman–Crippen MR) is 68.7 cm³/mol. The molecule has 0 saturated heterocycles. The number of nitrogens with two attached hydrogens (primary N) is 1. The average molecular weight is 280 g/mol. The normalized spacial score (nSPS) is 11.2. The molecule has 7 nitrogen and oxygen atoms in total. The van der Waals surface area contributed by atoms with Gasteiger partial charge >= 0.3 is 6.01 Å². The first kappa shape index (κ1) is 13.2. The number of hydrogen-bond donors (Lipinski definition) is 2. The minimum atomic E-state index is -3.63. The summed E-state index contributed by atoms with van der Waals surface area (Å²) in [5.41, 5.74) is 5.98. The minimum Gasteiger partial charge on any atom is -0.446 e. The summed E-state index contributed by atoms with van der Waals surface area (Å²) in [5.74, 6) is 0. The third-order valence-electron chi connectivity index (χ3n) is 2.18. The highest BCUT2D eigenvalue weighted by molar-refractivity contribution is 7.89. The van der Waals surface area contributed by atoms with Crippen LogP contribution in [0.2, 0.25) is 0 Å². The summed E-state index contributed by atoms with van der Waals surface area (Å²) in [6.07, 6.45) is 2.99. The van der Waals surface area contributed by atoms with Crippen molar-refractivity contribution in [1.29, 1.82) is 0 Å². The van der Waals surface area contributed by atoms with Crippen molar-refractivity contribution in [2.45, 2.75) is 4.90 Å². The van der Waals surface area contributed by atoms with E-state index in [1.54, 1.807) is 6.07 Å². The third kappa shape index (κ3) is 3.63. The number of ether oxygens (including phenoxy) is 1. The van der Waals surface area contributed by atoms with Crippen molar-refractivity contribution >= 4 is 15.7 Å². The maximum absolute atomic E-state index is 11.9. The van der Waals surface area contributed by atoms with Crippen LogP contribution in [0.4, 0.5) is 5.69 Å². The summed E-state index contributed by atoms with van der Waals surface area (Å²) in [5, 5.41) is 0. The van der Waals surface area contributed by atoms with Crippen molar-refractivity contribution in [3.63, 3.8) is 0 Å². The Hall–Kier alpha value is -2.19. The van der Waals surface area contributed by atoms with Crippen LogP contribution in [0.3, 0.4) is 0 Å². The first-order chi connectivity index (χ1) is 9.08. The van der Waals surface area contributed by atoms with Gasteiger partial charge < -0.3 is 10.5 Å². The first-order valence-corrected chi connectivity index (χ1v) is 6.81. The van der Waals surface area contributed by atoms with Gasteiger partial charge in [-0.1, -0.05) is 0 Å². The Morgan fingerprint density at radius 3 is 2.42 bits per heavy atom. The molecule has 1 heterocycles. The molecule has 2 aromatic rings. The van der Waals surface area contributed by atoms with Crippen molar-refractivity contribution in [1.82, 2.24) is 14.7 Å². The van der Waals surface area contributed by atoms with Crippen molar-refractivity contribution in [3.05, 3.63) is 42.7 Å². The van der Waals surface area contributed by atoms with E-state index < -0.39 is 10.0 Å². The van der Waals surface area contributed by atoms with Crippen LogP contribution in [0.15, 0.2) is 47.6 Å². The number of nitrogens with zero attached hydrogens (tertiary/aromatic N) is 2. The molecule has 0 aliphatic carbocycles. The second-order valence-corrected chi connectivity index (χ2v) is 5.30. The second-order valence-electron chi connectivity index (χ2n) is 3.54. The van der Waals surface area contributed by atoms with E-state index in [1.807, 2.05) is 0 Å². The molecule has 1 aromatic heterocycles. The van der Waals surface area contributed by atoms with E-state index in [4.69, 9.17) is 10.5 Å². The van der Waals surface area contributed by atoms with Gasteiger partial charge in [-0.25, -0.2) is 18.4 Å². The van der Waals surface area contributed by atoms with E-state index in [0.717, 1.165) is 0 Å². The minimum absolute atomic E-state index is 0.0995. The Morgan fingerprint density at radius 1 is 1.16 bits per heavy atom. The zero-order valence-corrected chi connectivity index (χ0v) is 10.7. The smallest absolute Gasteiger partial charge is 0.317 e. The second kappa shape index (κ2) is 5.63. The van der Waals surface area contributed by atoms with Gasteiger partial charge in [-0.3, -0.25) is 0 Å². The van der Waals surface area contributed by atoms with Gasteiger partial charge in [0.2, 0.25) is 10.0 Å². The third-order valence-corrected chi connectivity index (χ3v) is 3.57. The fourth-order valence-corrected chi connectivity index (χ4v) is 2.14. The van der Waals surface area contributed by atoms with E-state index in [9.17, 15) is 8.42 Å². The maximum atomic E-state index is 11.9. The molecular weight excluding hydrogens is 268 g/mol. The van der Waals surface area contributed by atoms with E-state index in [-0.39, 0.29) is 17.6 Å². The van der Waals surface area contributed by atoms with Gasteiger partial charge in [0, 0.05) is 18.1 Å². The van der Waals surface area contributed by atoms with Gasteiger partial charge in [-0.05, 0) is 30.3 Å². The number of rotatable bonds is 5. The molecule has 1 aromatic carbocycles. The lowest BCUT2D eigenvalue weighted by Crippen LogP contribution is -2.28. The van der Waals surface area contributed by atoms with Crippen LogP contribution < -0.4 is 15.2 Å². The van der Waals surface area contributed by atoms with E-state index in [0.29, 0.717) is 5.69 Å². The molecule has 0 unspecified atom stereocenters. The SMILES string of the molecule is Nc1ccc(S(=O)(=O)NCOc2ncccn2)cc1. The lowest BCUT2D eigenvalue weighted by molar-refractivity contribution is 0.286. The quantitative estimate of drug-likeness (QED) is 0.605. The highest BCUT2D eigenvalue weighted by Crippen LogP contribution is 2.11. The number of anilines is 1. The van der Waals surface area contributed by atoms with Gasteiger partial charge in [0.25, 0.3) is 0 Å². The van der Waals surface area contributed by atoms with Crippen LogP contribution >= 0.6 is 0 Å². The summed E-state index contributed by atoms with van der Waals surface area (Å²) >= 11 is 0. The number of aromatic nitrogens is 2. The molecule has 100 valence electrons. The Morgan fingerprint density at radius 2 is 1.79 bits per heavy atom. The molecule has 0 atom stereocenters. The first-order valence-electron chi connectivity index (χ1n) is 5.33. The van der Waals surface area contributed by atoms with Gasteiger partial charge in [0.1, 0.15) is 0 Å². The van der Waals surface area contributed by atoms with Crippen LogP contribution in [-0.4, -0.2) is 25.1 Å². The van der Waals surface area contributed by atoms with Crippen molar-refractivity contribution in [2.24, 2.45) is 0 Å². The lowest BCUT2D eigenvalue weighted by atomic mass is 10.3. The molecule has 0 aliphatic heterocycles. The van der Waals surface area contributed by atoms with Crippen molar-refractivity contribution in [3.8, 4) is 6.01 Å². The molecule has 0 amide bonds. The largest absolute Gasteiger partial charge is 0.446 e. The molecule has 0 aliphatic rings. The molecule has 0 radical (unpaired) electrons. The molecule has 8 heteroatoms. The molecule has 2 rings (SSSR count). The molecule has 0 spiro atoms. The van der Waals surface area contributed by atoms with E-state index in [2.05, 4.69) is 14.7 Å². The van der Waals surface area contributed by atoms with Crippen LogP contribution in [0.25, 0.3) is 0 Å². The highest BCUT2D eigenvalue weighted by Gasteiger charge is 2.13. The lowest BCUT2D eigenvalue weighted by Gasteiger charge is -2.07. The fourth-order valence-electron chi connectivity index (χ4n) is 1.26. The Kier molecular flexibility index (Phi) is 3.93. The molecule has 0 saturated carbocycles. The average Bonchev–Trinajstić information content (AvgIpc) is 2.40. The summed E-state index contributed by atoms with van der Waals surface area (Å²) in [7, 11) is -3.63. The zero-order chi connectivity index (χ0) is 13.7. The van der Waals surface area contributed by atoms with Gasteiger partial charge in [0.15, 0.2) is 6.73 Å². The summed E-state index contributed by atoms with van der Waals surface area (Å²) in [6.45, 7) is -0.253. The Balaban J connectivity index is 1.97. The summed E-state index contributed by atoms with van der Waals surface area (Å²) in [6, 6.07) is 7.58. The van der Waals surface area contributed by atoms with Gasteiger partial charge in [-0.15, -0.1) is 0 Å². The fraction of sp³-hybridized carbons (Fsp3) is 0.0909. The zero-order valence-electron chi connectivity index (χ0n) is 9.85. The molecule has 19 heavy (non-hydrogen) atoms. The Labute approximate surface area is 110 Å². The van der Waals surface area contributed by atoms with Crippen LogP contribution in [0.1, 0.15) is 0 Å². The topological polar surface area (TPSA) is 107 Å². The van der Waals surface area contributed by atoms with Crippen molar-refractivity contribution in [2.75, 3.05) is 12.5 Å². The number of sulfonamides is 1. The molecule has 0 fully saturated rings. The Bertz CT molecular complexity index is 629. The van der Waals surface area contributed by atoms with Crippen LogP contribution in [0, 0.1) is 0 Å². The highest BCUT2D eigenvalue weighted by atomic mass is 32.2. The molecular formula is C11H12N4O3S. The van der Waals surface area contributed by atoms with E-state index >= 15 is 0 Å².